The van der Waals surface area contributed by atoms with Crippen LogP contribution in [0.5, 0.6) is 0 Å². The highest BCUT2D eigenvalue weighted by Gasteiger charge is 2.01. The van der Waals surface area contributed by atoms with E-state index in [-0.39, 0.29) is 6.10 Å². The average molecular weight is 244 g/mol. The van der Waals surface area contributed by atoms with Gasteiger partial charge in [-0.15, -0.1) is 0 Å². The molecule has 0 saturated carbocycles. The van der Waals surface area contributed by atoms with Gasteiger partial charge < -0.3 is 10.4 Å². The first kappa shape index (κ1) is 13.0. The van der Waals surface area contributed by atoms with Crippen LogP contribution in [0, 0.1) is 0 Å². The number of pyridine rings is 1. The molecule has 0 aliphatic heterocycles. The lowest BCUT2D eigenvalue weighted by molar-refractivity contribution is 0.181. The summed E-state index contributed by atoms with van der Waals surface area (Å²) in [6, 6.07) is 10.3. The van der Waals surface area contributed by atoms with Gasteiger partial charge in [0, 0.05) is 18.1 Å². The van der Waals surface area contributed by atoms with Gasteiger partial charge in [0.2, 0.25) is 0 Å². The molecular weight excluding hydrogens is 224 g/mol. The fraction of sp³-hybridized carbons (Fsp3) is 0.400. The monoisotopic (exact) mass is 244 g/mol. The second-order valence-corrected chi connectivity index (χ2v) is 4.66. The van der Waals surface area contributed by atoms with Crippen molar-refractivity contribution in [3.8, 4) is 0 Å². The van der Waals surface area contributed by atoms with Crippen molar-refractivity contribution in [3.63, 3.8) is 0 Å². The molecule has 18 heavy (non-hydrogen) atoms. The van der Waals surface area contributed by atoms with E-state index in [0.29, 0.717) is 0 Å². The minimum Gasteiger partial charge on any atom is -0.393 e. The highest BCUT2D eigenvalue weighted by molar-refractivity contribution is 5.81. The molecule has 0 aliphatic rings. The Bertz CT molecular complexity index is 491. The quantitative estimate of drug-likeness (QED) is 0.767. The Balaban J connectivity index is 1.91. The highest BCUT2D eigenvalue weighted by Crippen LogP contribution is 2.15. The zero-order chi connectivity index (χ0) is 12.8. The van der Waals surface area contributed by atoms with E-state index in [9.17, 15) is 5.11 Å². The SMILES string of the molecule is CC(O)CCCNCc1ccnc2ccccc12. The summed E-state index contributed by atoms with van der Waals surface area (Å²) in [4.78, 5) is 4.35. The van der Waals surface area contributed by atoms with Crippen LogP contribution in [-0.4, -0.2) is 22.7 Å². The van der Waals surface area contributed by atoms with Gasteiger partial charge in [-0.1, -0.05) is 18.2 Å². The van der Waals surface area contributed by atoms with E-state index in [2.05, 4.69) is 22.4 Å². The predicted octanol–water partition coefficient (Wildman–Crippen LogP) is 2.49. The maximum absolute atomic E-state index is 9.17. The van der Waals surface area contributed by atoms with Gasteiger partial charge in [-0.2, -0.15) is 0 Å². The van der Waals surface area contributed by atoms with E-state index in [4.69, 9.17) is 0 Å². The van der Waals surface area contributed by atoms with E-state index in [1.165, 1.54) is 10.9 Å². The maximum Gasteiger partial charge on any atom is 0.0705 e. The molecule has 1 unspecified atom stereocenters. The van der Waals surface area contributed by atoms with E-state index in [1.54, 1.807) is 0 Å². The van der Waals surface area contributed by atoms with Crippen LogP contribution >= 0.6 is 0 Å². The third-order valence-electron chi connectivity index (χ3n) is 3.03. The molecule has 0 bridgehead atoms. The second-order valence-electron chi connectivity index (χ2n) is 4.66. The Labute approximate surface area is 108 Å². The van der Waals surface area contributed by atoms with Crippen molar-refractivity contribution in [3.05, 3.63) is 42.1 Å². The second kappa shape index (κ2) is 6.47. The number of fused-ring (bicyclic) bond motifs is 1. The lowest BCUT2D eigenvalue weighted by atomic mass is 10.1. The lowest BCUT2D eigenvalue weighted by Crippen LogP contribution is -2.16. The van der Waals surface area contributed by atoms with Gasteiger partial charge >= 0.3 is 0 Å². The zero-order valence-electron chi connectivity index (χ0n) is 10.8. The normalized spacial score (nSPS) is 12.8. The highest BCUT2D eigenvalue weighted by atomic mass is 16.3. The lowest BCUT2D eigenvalue weighted by Gasteiger charge is -2.08. The first-order chi connectivity index (χ1) is 8.77. The van der Waals surface area contributed by atoms with Crippen LogP contribution in [0.2, 0.25) is 0 Å². The summed E-state index contributed by atoms with van der Waals surface area (Å²) in [5.41, 5.74) is 2.32. The first-order valence-corrected chi connectivity index (χ1v) is 6.49. The molecule has 2 rings (SSSR count). The smallest absolute Gasteiger partial charge is 0.0705 e. The van der Waals surface area contributed by atoms with E-state index in [1.807, 2.05) is 31.3 Å². The third kappa shape index (κ3) is 3.52. The number of hydrogen-bond acceptors (Lipinski definition) is 3. The van der Waals surface area contributed by atoms with Crippen LogP contribution in [-0.2, 0) is 6.54 Å². The third-order valence-corrected chi connectivity index (χ3v) is 3.03. The molecule has 2 aromatic rings. The molecule has 1 aromatic heterocycles. The number of nitrogens with zero attached hydrogens (tertiary/aromatic N) is 1. The summed E-state index contributed by atoms with van der Waals surface area (Å²) in [6.07, 6.45) is 3.51. The molecule has 0 spiro atoms. The van der Waals surface area contributed by atoms with Crippen molar-refractivity contribution in [1.29, 1.82) is 0 Å². The molecule has 1 aromatic carbocycles. The molecule has 0 saturated heterocycles. The molecule has 0 fully saturated rings. The molecule has 2 N–H and O–H groups in total. The Morgan fingerprint density at radius 2 is 2.11 bits per heavy atom. The van der Waals surface area contributed by atoms with Gasteiger partial charge in [-0.25, -0.2) is 0 Å². The Hall–Kier alpha value is -1.45. The van der Waals surface area contributed by atoms with Gasteiger partial charge in [0.05, 0.1) is 11.6 Å². The van der Waals surface area contributed by atoms with Crippen LogP contribution in [0.15, 0.2) is 36.5 Å². The topological polar surface area (TPSA) is 45.1 Å². The van der Waals surface area contributed by atoms with Gasteiger partial charge in [-0.3, -0.25) is 4.98 Å². The number of aliphatic hydroxyl groups excluding tert-OH is 1. The van der Waals surface area contributed by atoms with Crippen molar-refractivity contribution in [1.82, 2.24) is 10.3 Å². The van der Waals surface area contributed by atoms with Gasteiger partial charge in [0.15, 0.2) is 0 Å². The van der Waals surface area contributed by atoms with Crippen LogP contribution in [0.4, 0.5) is 0 Å². The molecule has 0 radical (unpaired) electrons. The van der Waals surface area contributed by atoms with E-state index >= 15 is 0 Å². The summed E-state index contributed by atoms with van der Waals surface area (Å²) in [6.45, 7) is 3.61. The van der Waals surface area contributed by atoms with Crippen molar-refractivity contribution >= 4 is 10.9 Å². The average Bonchev–Trinajstić information content (AvgIpc) is 2.38. The number of benzene rings is 1. The van der Waals surface area contributed by atoms with Crippen molar-refractivity contribution < 1.29 is 5.11 Å². The summed E-state index contributed by atoms with van der Waals surface area (Å²) >= 11 is 0. The molecule has 0 amide bonds. The van der Waals surface area contributed by atoms with Gasteiger partial charge in [0.1, 0.15) is 0 Å². The number of nitrogens with one attached hydrogen (secondary N) is 1. The number of aromatic nitrogens is 1. The van der Waals surface area contributed by atoms with Gasteiger partial charge in [0.25, 0.3) is 0 Å². The minimum absolute atomic E-state index is 0.200. The fourth-order valence-corrected chi connectivity index (χ4v) is 2.05. The van der Waals surface area contributed by atoms with E-state index in [0.717, 1.165) is 31.4 Å². The molecule has 1 heterocycles. The van der Waals surface area contributed by atoms with E-state index < -0.39 is 0 Å². The summed E-state index contributed by atoms with van der Waals surface area (Å²) in [7, 11) is 0. The number of para-hydroxylation sites is 1. The molecule has 3 heteroatoms. The van der Waals surface area contributed by atoms with Crippen molar-refractivity contribution in [2.45, 2.75) is 32.4 Å². The molecule has 96 valence electrons. The number of hydrogen-bond donors (Lipinski definition) is 2. The molecule has 1 atom stereocenters. The van der Waals surface area contributed by atoms with Crippen molar-refractivity contribution in [2.75, 3.05) is 6.54 Å². The maximum atomic E-state index is 9.17. The summed E-state index contributed by atoms with van der Waals surface area (Å²) in [5.74, 6) is 0. The summed E-state index contributed by atoms with van der Waals surface area (Å²) < 4.78 is 0. The van der Waals surface area contributed by atoms with Crippen LogP contribution in [0.1, 0.15) is 25.3 Å². The van der Waals surface area contributed by atoms with Crippen molar-refractivity contribution in [2.24, 2.45) is 0 Å². The molecular formula is C15H20N2O. The number of aliphatic hydroxyl groups is 1. The fourth-order valence-electron chi connectivity index (χ4n) is 2.05. The predicted molar refractivity (Wildman–Crippen MR) is 74.4 cm³/mol. The Morgan fingerprint density at radius 3 is 2.94 bits per heavy atom. The summed E-state index contributed by atoms with van der Waals surface area (Å²) in [5, 5.41) is 13.8. The van der Waals surface area contributed by atoms with Gasteiger partial charge in [-0.05, 0) is 44.0 Å². The van der Waals surface area contributed by atoms with Crippen LogP contribution < -0.4 is 5.32 Å². The Morgan fingerprint density at radius 1 is 1.28 bits per heavy atom. The standard InChI is InChI=1S/C15H20N2O/c1-12(18)5-4-9-16-11-13-8-10-17-15-7-3-2-6-14(13)15/h2-3,6-8,10,12,16,18H,4-5,9,11H2,1H3. The largest absolute Gasteiger partial charge is 0.393 e. The number of rotatable bonds is 6. The Kier molecular flexibility index (Phi) is 4.67. The molecule has 3 nitrogen and oxygen atoms in total. The van der Waals surface area contributed by atoms with Crippen LogP contribution in [0.3, 0.4) is 0 Å². The minimum atomic E-state index is -0.200. The molecule has 0 aliphatic carbocycles. The van der Waals surface area contributed by atoms with Crippen LogP contribution in [0.25, 0.3) is 10.9 Å². The zero-order valence-corrected chi connectivity index (χ0v) is 10.8. The first-order valence-electron chi connectivity index (χ1n) is 6.49.